The molecule has 1 aromatic carbocycles. The number of benzene rings is 1. The number of halogens is 2. The van der Waals surface area contributed by atoms with Crippen molar-refractivity contribution in [1.82, 2.24) is 5.32 Å². The Morgan fingerprint density at radius 3 is 2.50 bits per heavy atom. The third-order valence-electron chi connectivity index (χ3n) is 3.08. The summed E-state index contributed by atoms with van der Waals surface area (Å²) < 4.78 is 31.9. The average Bonchev–Trinajstić information content (AvgIpc) is 2.37. The number of amides is 1. The van der Waals surface area contributed by atoms with Crippen molar-refractivity contribution >= 4 is 5.91 Å². The molecule has 98 valence electrons. The summed E-state index contributed by atoms with van der Waals surface area (Å²) in [4.78, 5) is 11.7. The van der Waals surface area contributed by atoms with Gasteiger partial charge in [-0.2, -0.15) is 0 Å². The van der Waals surface area contributed by atoms with Crippen LogP contribution in [0.3, 0.4) is 0 Å². The quantitative estimate of drug-likeness (QED) is 0.898. The standard InChI is InChI=1S/C13H15F2NO2/c14-10-2-1-3-11(15)12(10)13(17)16-8-9-4-6-18-7-5-9/h1-3,9H,4-8H2,(H,16,17). The second-order valence-electron chi connectivity index (χ2n) is 4.36. The predicted octanol–water partition coefficient (Wildman–Crippen LogP) is 2.12. The first-order valence-corrected chi connectivity index (χ1v) is 5.98. The number of hydrogen-bond donors (Lipinski definition) is 1. The molecule has 18 heavy (non-hydrogen) atoms. The minimum atomic E-state index is -0.834. The van der Waals surface area contributed by atoms with Crippen LogP contribution in [0.25, 0.3) is 0 Å². The Labute approximate surface area is 104 Å². The van der Waals surface area contributed by atoms with E-state index in [1.54, 1.807) is 0 Å². The zero-order valence-corrected chi connectivity index (χ0v) is 9.92. The van der Waals surface area contributed by atoms with Gasteiger partial charge < -0.3 is 10.1 Å². The Balaban J connectivity index is 1.95. The highest BCUT2D eigenvalue weighted by atomic mass is 19.1. The largest absolute Gasteiger partial charge is 0.381 e. The molecular formula is C13H15F2NO2. The predicted molar refractivity (Wildman–Crippen MR) is 62.2 cm³/mol. The number of hydrogen-bond acceptors (Lipinski definition) is 2. The van der Waals surface area contributed by atoms with Gasteiger partial charge in [0.05, 0.1) is 0 Å². The van der Waals surface area contributed by atoms with E-state index < -0.39 is 23.1 Å². The molecule has 1 aliphatic rings. The van der Waals surface area contributed by atoms with Crippen LogP contribution in [0.4, 0.5) is 8.78 Å². The van der Waals surface area contributed by atoms with Gasteiger partial charge >= 0.3 is 0 Å². The molecule has 5 heteroatoms. The molecule has 1 aliphatic heterocycles. The third kappa shape index (κ3) is 3.04. The van der Waals surface area contributed by atoms with Gasteiger partial charge in [0.1, 0.15) is 17.2 Å². The van der Waals surface area contributed by atoms with Gasteiger partial charge in [-0.3, -0.25) is 4.79 Å². The zero-order chi connectivity index (χ0) is 13.0. The molecule has 1 amide bonds. The van der Waals surface area contributed by atoms with E-state index in [4.69, 9.17) is 4.74 Å². The van der Waals surface area contributed by atoms with Gasteiger partial charge in [-0.1, -0.05) is 6.07 Å². The van der Waals surface area contributed by atoms with E-state index in [1.807, 2.05) is 0 Å². The summed E-state index contributed by atoms with van der Waals surface area (Å²) in [6, 6.07) is 3.39. The van der Waals surface area contributed by atoms with Gasteiger partial charge in [0.25, 0.3) is 5.91 Å². The lowest BCUT2D eigenvalue weighted by Crippen LogP contribution is -2.33. The molecule has 1 saturated heterocycles. The molecule has 0 radical (unpaired) electrons. The average molecular weight is 255 g/mol. The summed E-state index contributed by atoms with van der Waals surface area (Å²) in [5.74, 6) is -2.05. The first kappa shape index (κ1) is 13.0. The third-order valence-corrected chi connectivity index (χ3v) is 3.08. The van der Waals surface area contributed by atoms with E-state index in [1.165, 1.54) is 6.07 Å². The van der Waals surface area contributed by atoms with Crippen LogP contribution >= 0.6 is 0 Å². The van der Waals surface area contributed by atoms with Gasteiger partial charge in [-0.05, 0) is 30.9 Å². The van der Waals surface area contributed by atoms with Crippen LogP contribution in [-0.4, -0.2) is 25.7 Å². The number of ether oxygens (including phenoxy) is 1. The normalized spacial score (nSPS) is 16.6. The molecule has 1 heterocycles. The molecule has 0 aromatic heterocycles. The molecule has 2 rings (SSSR count). The fourth-order valence-electron chi connectivity index (χ4n) is 1.99. The number of rotatable bonds is 3. The van der Waals surface area contributed by atoms with Crippen molar-refractivity contribution in [3.05, 3.63) is 35.4 Å². The fraction of sp³-hybridized carbons (Fsp3) is 0.462. The highest BCUT2D eigenvalue weighted by molar-refractivity contribution is 5.94. The summed E-state index contributed by atoms with van der Waals surface area (Å²) in [5, 5.41) is 2.58. The number of carbonyl (C=O) groups is 1. The van der Waals surface area contributed by atoms with Crippen LogP contribution in [0.1, 0.15) is 23.2 Å². The molecule has 1 N–H and O–H groups in total. The molecule has 1 fully saturated rings. The van der Waals surface area contributed by atoms with Crippen molar-refractivity contribution in [2.24, 2.45) is 5.92 Å². The second-order valence-corrected chi connectivity index (χ2v) is 4.36. The van der Waals surface area contributed by atoms with E-state index in [0.29, 0.717) is 25.7 Å². The number of carbonyl (C=O) groups excluding carboxylic acids is 1. The van der Waals surface area contributed by atoms with Gasteiger partial charge in [0.15, 0.2) is 0 Å². The van der Waals surface area contributed by atoms with Crippen molar-refractivity contribution in [3.8, 4) is 0 Å². The Morgan fingerprint density at radius 1 is 1.28 bits per heavy atom. The maximum atomic E-state index is 13.3. The van der Waals surface area contributed by atoms with E-state index >= 15 is 0 Å². The molecule has 0 atom stereocenters. The summed E-state index contributed by atoms with van der Waals surface area (Å²) >= 11 is 0. The lowest BCUT2D eigenvalue weighted by Gasteiger charge is -2.22. The van der Waals surface area contributed by atoms with Crippen molar-refractivity contribution in [3.63, 3.8) is 0 Å². The maximum absolute atomic E-state index is 13.3. The minimum Gasteiger partial charge on any atom is -0.381 e. The van der Waals surface area contributed by atoms with Crippen LogP contribution in [0.5, 0.6) is 0 Å². The highest BCUT2D eigenvalue weighted by Gasteiger charge is 2.19. The first-order chi connectivity index (χ1) is 8.68. The minimum absolute atomic E-state index is 0.317. The smallest absolute Gasteiger partial charge is 0.257 e. The van der Waals surface area contributed by atoms with Crippen LogP contribution in [-0.2, 0) is 4.74 Å². The molecule has 1 aromatic rings. The van der Waals surface area contributed by atoms with Gasteiger partial charge in [0, 0.05) is 19.8 Å². The molecule has 0 aliphatic carbocycles. The van der Waals surface area contributed by atoms with Gasteiger partial charge in [-0.15, -0.1) is 0 Å². The van der Waals surface area contributed by atoms with Crippen LogP contribution in [0.2, 0.25) is 0 Å². The van der Waals surface area contributed by atoms with Crippen LogP contribution in [0, 0.1) is 17.6 Å². The molecular weight excluding hydrogens is 240 g/mol. The number of nitrogens with one attached hydrogen (secondary N) is 1. The molecule has 3 nitrogen and oxygen atoms in total. The topological polar surface area (TPSA) is 38.3 Å². The van der Waals surface area contributed by atoms with Gasteiger partial charge in [0.2, 0.25) is 0 Å². The molecule has 0 unspecified atom stereocenters. The fourth-order valence-corrected chi connectivity index (χ4v) is 1.99. The highest BCUT2D eigenvalue weighted by Crippen LogP contribution is 2.15. The second kappa shape index (κ2) is 5.91. The summed E-state index contributed by atoms with van der Waals surface area (Å²) in [5.41, 5.74) is -0.510. The van der Waals surface area contributed by atoms with Crippen molar-refractivity contribution < 1.29 is 18.3 Å². The lowest BCUT2D eigenvalue weighted by atomic mass is 10.0. The summed E-state index contributed by atoms with van der Waals surface area (Å²) in [6.45, 7) is 1.78. The Morgan fingerprint density at radius 2 is 1.89 bits per heavy atom. The first-order valence-electron chi connectivity index (χ1n) is 5.98. The maximum Gasteiger partial charge on any atom is 0.257 e. The van der Waals surface area contributed by atoms with Crippen LogP contribution < -0.4 is 5.32 Å². The lowest BCUT2D eigenvalue weighted by molar-refractivity contribution is 0.0641. The Hall–Kier alpha value is -1.49. The van der Waals surface area contributed by atoms with Gasteiger partial charge in [-0.25, -0.2) is 8.78 Å². The zero-order valence-electron chi connectivity index (χ0n) is 9.92. The molecule has 0 spiro atoms. The van der Waals surface area contributed by atoms with Crippen molar-refractivity contribution in [2.45, 2.75) is 12.8 Å². The van der Waals surface area contributed by atoms with Crippen LogP contribution in [0.15, 0.2) is 18.2 Å². The Bertz CT molecular complexity index is 411. The van der Waals surface area contributed by atoms with E-state index in [-0.39, 0.29) is 0 Å². The van der Waals surface area contributed by atoms with Crippen molar-refractivity contribution in [1.29, 1.82) is 0 Å². The van der Waals surface area contributed by atoms with E-state index in [0.717, 1.165) is 25.0 Å². The van der Waals surface area contributed by atoms with E-state index in [2.05, 4.69) is 5.32 Å². The molecule has 0 bridgehead atoms. The SMILES string of the molecule is O=C(NCC1CCOCC1)c1c(F)cccc1F. The molecule has 0 saturated carbocycles. The monoisotopic (exact) mass is 255 g/mol. The summed E-state index contributed by atoms with van der Waals surface area (Å²) in [6.07, 6.45) is 1.72. The summed E-state index contributed by atoms with van der Waals surface area (Å²) in [7, 11) is 0. The Kier molecular flexibility index (Phi) is 4.25. The van der Waals surface area contributed by atoms with Crippen molar-refractivity contribution in [2.75, 3.05) is 19.8 Å². The van der Waals surface area contributed by atoms with E-state index in [9.17, 15) is 13.6 Å².